The van der Waals surface area contributed by atoms with E-state index in [2.05, 4.69) is 5.10 Å². The Morgan fingerprint density at radius 2 is 1.76 bits per heavy atom. The Hall–Kier alpha value is -2.36. The molecular weight excluding hydrogens is 214 g/mol. The van der Waals surface area contributed by atoms with Crippen LogP contribution in [0.1, 0.15) is 5.56 Å². The van der Waals surface area contributed by atoms with Gasteiger partial charge in [0.15, 0.2) is 12.4 Å². The highest BCUT2D eigenvalue weighted by Crippen LogP contribution is 2.10. The second kappa shape index (κ2) is 5.12. The van der Waals surface area contributed by atoms with Crippen LogP contribution in [0.15, 0.2) is 60.0 Å². The zero-order valence-corrected chi connectivity index (χ0v) is 9.52. The van der Waals surface area contributed by atoms with Crippen LogP contribution in [0.25, 0.3) is 0 Å². The number of hydrogen-bond acceptors (Lipinski definition) is 3. The van der Waals surface area contributed by atoms with Gasteiger partial charge in [-0.25, -0.2) is 0 Å². The number of para-hydroxylation sites is 1. The summed E-state index contributed by atoms with van der Waals surface area (Å²) in [5, 5.41) is 16.9. The molecule has 0 aliphatic heterocycles. The van der Waals surface area contributed by atoms with Crippen LogP contribution < -0.4 is 9.74 Å². The van der Waals surface area contributed by atoms with Crippen LogP contribution >= 0.6 is 0 Å². The van der Waals surface area contributed by atoms with Gasteiger partial charge in [-0.3, -0.25) is 5.01 Å². The fraction of sp³-hybridized carbons (Fsp3) is 0.0769. The molecule has 0 amide bonds. The van der Waals surface area contributed by atoms with Gasteiger partial charge in [0.1, 0.15) is 0 Å². The van der Waals surface area contributed by atoms with Crippen LogP contribution in [0, 0.1) is 5.21 Å². The number of rotatable bonds is 3. The number of anilines is 1. The van der Waals surface area contributed by atoms with Gasteiger partial charge in [-0.1, -0.05) is 18.2 Å². The predicted molar refractivity (Wildman–Crippen MR) is 67.8 cm³/mol. The molecule has 1 aromatic carbocycles. The largest absolute Gasteiger partial charge is 0.619 e. The summed E-state index contributed by atoms with van der Waals surface area (Å²) in [5.74, 6) is 0. The summed E-state index contributed by atoms with van der Waals surface area (Å²) in [7, 11) is 1.88. The van der Waals surface area contributed by atoms with Crippen molar-refractivity contribution in [3.8, 4) is 0 Å². The average molecular weight is 227 g/mol. The number of pyridine rings is 1. The summed E-state index contributed by atoms with van der Waals surface area (Å²) in [6, 6.07) is 13.3. The lowest BCUT2D eigenvalue weighted by Gasteiger charge is -2.11. The van der Waals surface area contributed by atoms with Crippen LogP contribution in [0.5, 0.6) is 0 Å². The third kappa shape index (κ3) is 3.04. The second-order valence-electron chi connectivity index (χ2n) is 3.60. The number of hydrogen-bond donors (Lipinski definition) is 0. The molecule has 2 rings (SSSR count). The van der Waals surface area contributed by atoms with Crippen LogP contribution in [0.4, 0.5) is 5.69 Å². The molecule has 0 atom stereocenters. The number of hydrazone groups is 1. The molecule has 0 N–H and O–H groups in total. The van der Waals surface area contributed by atoms with E-state index in [1.54, 1.807) is 23.4 Å². The van der Waals surface area contributed by atoms with Gasteiger partial charge < -0.3 is 5.21 Å². The number of nitrogens with zero attached hydrogens (tertiary/aromatic N) is 3. The number of aromatic nitrogens is 1. The monoisotopic (exact) mass is 227 g/mol. The van der Waals surface area contributed by atoms with Crippen molar-refractivity contribution in [1.29, 1.82) is 0 Å². The van der Waals surface area contributed by atoms with E-state index < -0.39 is 0 Å². The molecule has 0 radical (unpaired) electrons. The molecule has 17 heavy (non-hydrogen) atoms. The topological polar surface area (TPSA) is 42.5 Å². The van der Waals surface area contributed by atoms with E-state index in [1.807, 2.05) is 37.4 Å². The first-order valence-electron chi connectivity index (χ1n) is 5.27. The zero-order valence-electron chi connectivity index (χ0n) is 9.52. The SMILES string of the molecule is CN(/N=C\c1cc[n+]([O-])cc1)c1ccccc1. The minimum absolute atomic E-state index is 0.748. The van der Waals surface area contributed by atoms with Gasteiger partial charge >= 0.3 is 0 Å². The minimum Gasteiger partial charge on any atom is -0.619 e. The summed E-state index contributed by atoms with van der Waals surface area (Å²) in [5.41, 5.74) is 1.90. The van der Waals surface area contributed by atoms with Gasteiger partial charge in [-0.05, 0) is 12.1 Å². The molecule has 0 fully saturated rings. The molecule has 0 bridgehead atoms. The average Bonchev–Trinajstić information content (AvgIpc) is 2.39. The maximum atomic E-state index is 10.8. The van der Waals surface area contributed by atoms with Crippen molar-refractivity contribution >= 4 is 11.9 Å². The summed E-state index contributed by atoms with van der Waals surface area (Å²) < 4.78 is 0.748. The highest BCUT2D eigenvalue weighted by atomic mass is 16.5. The minimum atomic E-state index is 0.748. The van der Waals surface area contributed by atoms with Crippen molar-refractivity contribution < 1.29 is 4.73 Å². The van der Waals surface area contributed by atoms with Crippen LogP contribution in [-0.2, 0) is 0 Å². The predicted octanol–water partition coefficient (Wildman–Crippen LogP) is 1.79. The fourth-order valence-electron chi connectivity index (χ4n) is 1.37. The highest BCUT2D eigenvalue weighted by Gasteiger charge is 1.96. The van der Waals surface area contributed by atoms with E-state index in [9.17, 15) is 5.21 Å². The molecule has 2 aromatic rings. The third-order valence-electron chi connectivity index (χ3n) is 2.34. The Balaban J connectivity index is 2.08. The first kappa shape index (κ1) is 11.1. The molecule has 1 heterocycles. The van der Waals surface area contributed by atoms with Gasteiger partial charge in [0, 0.05) is 24.7 Å². The Morgan fingerprint density at radius 3 is 2.41 bits per heavy atom. The van der Waals surface area contributed by atoms with Crippen molar-refractivity contribution in [3.05, 3.63) is 65.6 Å². The van der Waals surface area contributed by atoms with Gasteiger partial charge in [-0.15, -0.1) is 0 Å². The zero-order chi connectivity index (χ0) is 12.1. The summed E-state index contributed by atoms with van der Waals surface area (Å²) in [6.07, 6.45) is 4.61. The van der Waals surface area contributed by atoms with Crippen LogP contribution in [0.3, 0.4) is 0 Å². The lowest BCUT2D eigenvalue weighted by Crippen LogP contribution is -2.23. The summed E-state index contributed by atoms with van der Waals surface area (Å²) >= 11 is 0. The van der Waals surface area contributed by atoms with Crippen LogP contribution in [0.2, 0.25) is 0 Å². The maximum Gasteiger partial charge on any atom is 0.181 e. The van der Waals surface area contributed by atoms with Crippen LogP contribution in [-0.4, -0.2) is 13.3 Å². The molecule has 0 aliphatic carbocycles. The van der Waals surface area contributed by atoms with Crippen molar-refractivity contribution in [1.82, 2.24) is 0 Å². The molecule has 0 spiro atoms. The normalized spacial score (nSPS) is 10.6. The molecule has 0 saturated heterocycles. The lowest BCUT2D eigenvalue weighted by molar-refractivity contribution is -0.605. The van der Waals surface area contributed by atoms with Gasteiger partial charge in [0.25, 0.3) is 0 Å². The lowest BCUT2D eigenvalue weighted by atomic mass is 10.3. The van der Waals surface area contributed by atoms with Crippen molar-refractivity contribution in [2.24, 2.45) is 5.10 Å². The maximum absolute atomic E-state index is 10.8. The fourth-order valence-corrected chi connectivity index (χ4v) is 1.37. The second-order valence-corrected chi connectivity index (χ2v) is 3.60. The van der Waals surface area contributed by atoms with Crippen molar-refractivity contribution in [2.75, 3.05) is 12.1 Å². The van der Waals surface area contributed by atoms with E-state index in [0.717, 1.165) is 16.0 Å². The van der Waals surface area contributed by atoms with Gasteiger partial charge in [-0.2, -0.15) is 9.83 Å². The molecule has 1 aromatic heterocycles. The van der Waals surface area contributed by atoms with Gasteiger partial charge in [0.2, 0.25) is 0 Å². The molecule has 0 saturated carbocycles. The Kier molecular flexibility index (Phi) is 3.35. The quantitative estimate of drug-likeness (QED) is 0.347. The van der Waals surface area contributed by atoms with E-state index >= 15 is 0 Å². The first-order chi connectivity index (χ1) is 8.25. The van der Waals surface area contributed by atoms with Crippen molar-refractivity contribution in [3.63, 3.8) is 0 Å². The Morgan fingerprint density at radius 1 is 1.12 bits per heavy atom. The smallest absolute Gasteiger partial charge is 0.181 e. The molecule has 0 aliphatic rings. The molecule has 86 valence electrons. The molecular formula is C13H13N3O. The number of benzene rings is 1. The first-order valence-corrected chi connectivity index (χ1v) is 5.27. The standard InChI is InChI=1S/C13H13N3O/c1-15(13-5-3-2-4-6-13)14-11-12-7-9-16(17)10-8-12/h2-11H,1H3/b14-11-. The summed E-state index contributed by atoms with van der Waals surface area (Å²) in [6.45, 7) is 0. The molecule has 4 nitrogen and oxygen atoms in total. The Labute approximate surface area is 100 Å². The van der Waals surface area contributed by atoms with E-state index in [4.69, 9.17) is 0 Å². The third-order valence-corrected chi connectivity index (χ3v) is 2.34. The van der Waals surface area contributed by atoms with E-state index in [-0.39, 0.29) is 0 Å². The summed E-state index contributed by atoms with van der Waals surface area (Å²) in [4.78, 5) is 0. The molecule has 0 unspecified atom stereocenters. The molecule has 4 heteroatoms. The van der Waals surface area contributed by atoms with E-state index in [0.29, 0.717) is 0 Å². The highest BCUT2D eigenvalue weighted by molar-refractivity contribution is 5.79. The Bertz CT molecular complexity index is 494. The van der Waals surface area contributed by atoms with Crippen molar-refractivity contribution in [2.45, 2.75) is 0 Å². The van der Waals surface area contributed by atoms with Gasteiger partial charge in [0.05, 0.1) is 11.9 Å². The van der Waals surface area contributed by atoms with E-state index in [1.165, 1.54) is 12.4 Å².